The predicted molar refractivity (Wildman–Crippen MR) is 119 cm³/mol. The van der Waals surface area contributed by atoms with Gasteiger partial charge in [-0.25, -0.2) is 23.1 Å². The Kier molecular flexibility index (Phi) is 6.20. The molecule has 0 spiro atoms. The van der Waals surface area contributed by atoms with Crippen LogP contribution in [-0.2, 0) is 16.0 Å². The Morgan fingerprint density at radius 3 is 2.76 bits per heavy atom. The van der Waals surface area contributed by atoms with E-state index in [9.17, 15) is 13.6 Å². The summed E-state index contributed by atoms with van der Waals surface area (Å²) in [5.41, 5.74) is 0.717. The number of anilines is 3. The molecule has 0 bridgehead atoms. The first kappa shape index (κ1) is 22.7. The van der Waals surface area contributed by atoms with E-state index in [1.54, 1.807) is 11.9 Å². The number of alkyl halides is 1. The Morgan fingerprint density at radius 1 is 1.18 bits per heavy atom. The normalized spacial score (nSPS) is 24.8. The molecule has 0 aliphatic carbocycles. The molecule has 0 unspecified atom stereocenters. The van der Waals surface area contributed by atoms with Crippen LogP contribution in [0.1, 0.15) is 25.0 Å². The molecule has 2 saturated heterocycles. The highest BCUT2D eigenvalue weighted by Crippen LogP contribution is 2.34. The average molecular weight is 477 g/mol. The molecule has 5 rings (SSSR count). The van der Waals surface area contributed by atoms with Gasteiger partial charge in [-0.2, -0.15) is 0 Å². The van der Waals surface area contributed by atoms with Gasteiger partial charge >= 0.3 is 0 Å². The van der Waals surface area contributed by atoms with Gasteiger partial charge < -0.3 is 19.7 Å². The van der Waals surface area contributed by atoms with Gasteiger partial charge in [-0.1, -0.05) is 0 Å². The summed E-state index contributed by atoms with van der Waals surface area (Å²) in [6.45, 7) is 1.53. The van der Waals surface area contributed by atoms with Gasteiger partial charge in [0, 0.05) is 45.5 Å². The maximum absolute atomic E-state index is 15.2. The van der Waals surface area contributed by atoms with Gasteiger partial charge in [0.1, 0.15) is 11.9 Å². The molecule has 182 valence electrons. The van der Waals surface area contributed by atoms with Gasteiger partial charge in [0.2, 0.25) is 5.91 Å². The number of amides is 1. The van der Waals surface area contributed by atoms with Crippen molar-refractivity contribution in [3.8, 4) is 5.75 Å². The van der Waals surface area contributed by atoms with Crippen LogP contribution in [0.15, 0.2) is 18.2 Å². The minimum atomic E-state index is -1.45. The van der Waals surface area contributed by atoms with E-state index in [4.69, 9.17) is 19.4 Å². The number of piperidine rings is 1. The van der Waals surface area contributed by atoms with Gasteiger partial charge in [-0.05, 0) is 18.6 Å². The summed E-state index contributed by atoms with van der Waals surface area (Å²) >= 11 is 0. The largest absolute Gasteiger partial charge is 0.484 e. The molecule has 2 fully saturated rings. The van der Waals surface area contributed by atoms with Crippen LogP contribution in [-0.4, -0.2) is 67.5 Å². The maximum Gasteiger partial charge on any atom is 0.228 e. The highest BCUT2D eigenvalue weighted by atomic mass is 19.1. The van der Waals surface area contributed by atoms with Crippen LogP contribution in [0.25, 0.3) is 0 Å². The first-order chi connectivity index (χ1) is 16.4. The lowest BCUT2D eigenvalue weighted by Crippen LogP contribution is -2.48. The number of carbonyl (C=O) groups is 1. The van der Waals surface area contributed by atoms with E-state index in [0.717, 1.165) is 18.6 Å². The third-order valence-electron chi connectivity index (χ3n) is 6.42. The second-order valence-electron chi connectivity index (χ2n) is 8.81. The number of hydrogen-bond donors (Lipinski definition) is 1. The third kappa shape index (κ3) is 4.48. The molecule has 34 heavy (non-hydrogen) atoms. The summed E-state index contributed by atoms with van der Waals surface area (Å²) < 4.78 is 53.3. The van der Waals surface area contributed by atoms with Crippen molar-refractivity contribution in [2.45, 2.75) is 44.0 Å². The van der Waals surface area contributed by atoms with Gasteiger partial charge in [-0.3, -0.25) is 9.69 Å². The number of nitrogens with one attached hydrogen (secondary N) is 1. The Hall–Kier alpha value is -3.08. The third-order valence-corrected chi connectivity index (χ3v) is 6.42. The Morgan fingerprint density at radius 2 is 2.03 bits per heavy atom. The van der Waals surface area contributed by atoms with Crippen LogP contribution in [0.3, 0.4) is 0 Å². The molecule has 0 saturated carbocycles. The highest BCUT2D eigenvalue weighted by molar-refractivity contribution is 5.95. The smallest absolute Gasteiger partial charge is 0.228 e. The fraction of sp³-hybridized carbons (Fsp3) is 0.522. The fourth-order valence-corrected chi connectivity index (χ4v) is 4.50. The average Bonchev–Trinajstić information content (AvgIpc) is 3.32. The van der Waals surface area contributed by atoms with Gasteiger partial charge in [0.25, 0.3) is 0 Å². The summed E-state index contributed by atoms with van der Waals surface area (Å²) in [5.74, 6) is -0.350. The standard InChI is InChI=1S/C23H26F3N5O3/c1-30-20(32)5-3-17-22(30)29-23(21(28-17)27-14-7-9-33-12-14)31-8-6-19(16(26)11-31)34-18-4-2-13(24)10-15(18)25/h2,4,10,14,16,19H,3,5-9,11-12H2,1H3,(H,27,28)/t14-,16-,19-/m1/s1. The van der Waals surface area contributed by atoms with Gasteiger partial charge in [0.15, 0.2) is 35.2 Å². The molecule has 0 radical (unpaired) electrons. The summed E-state index contributed by atoms with van der Waals surface area (Å²) in [5, 5.41) is 3.38. The molecule has 1 N–H and O–H groups in total. The van der Waals surface area contributed by atoms with Crippen LogP contribution >= 0.6 is 0 Å². The zero-order valence-corrected chi connectivity index (χ0v) is 18.8. The quantitative estimate of drug-likeness (QED) is 0.710. The SMILES string of the molecule is CN1C(=O)CCc2nc(N[C@@H]3CCOC3)c(N3CC[C@@H](Oc4ccc(F)cc4F)[C@H](F)C3)nc21. The predicted octanol–water partition coefficient (Wildman–Crippen LogP) is 2.86. The zero-order valence-electron chi connectivity index (χ0n) is 18.8. The number of aromatic nitrogens is 2. The number of carbonyl (C=O) groups excluding carboxylic acids is 1. The van der Waals surface area contributed by atoms with E-state index in [0.29, 0.717) is 61.8 Å². The van der Waals surface area contributed by atoms with Crippen molar-refractivity contribution >= 4 is 23.4 Å². The molecular formula is C23H26F3N5O3. The molecule has 3 aliphatic rings. The fourth-order valence-electron chi connectivity index (χ4n) is 4.50. The van der Waals surface area contributed by atoms with Crippen molar-refractivity contribution in [3.05, 3.63) is 35.5 Å². The van der Waals surface area contributed by atoms with Crippen molar-refractivity contribution in [1.82, 2.24) is 9.97 Å². The monoisotopic (exact) mass is 477 g/mol. The van der Waals surface area contributed by atoms with E-state index in [2.05, 4.69) is 5.32 Å². The molecule has 2 aromatic rings. The second-order valence-corrected chi connectivity index (χ2v) is 8.81. The van der Waals surface area contributed by atoms with Crippen molar-refractivity contribution in [2.75, 3.05) is 48.5 Å². The van der Waals surface area contributed by atoms with Crippen LogP contribution < -0.4 is 19.9 Å². The minimum absolute atomic E-state index is 0.0468. The lowest BCUT2D eigenvalue weighted by molar-refractivity contribution is -0.118. The molecule has 1 aromatic carbocycles. The summed E-state index contributed by atoms with van der Waals surface area (Å²) in [6, 6.07) is 3.02. The molecule has 8 nitrogen and oxygen atoms in total. The van der Waals surface area contributed by atoms with Crippen LogP contribution in [0, 0.1) is 11.6 Å². The number of aryl methyl sites for hydroxylation is 1. The van der Waals surface area contributed by atoms with Crippen LogP contribution in [0.2, 0.25) is 0 Å². The number of ether oxygens (including phenoxy) is 2. The summed E-state index contributed by atoms with van der Waals surface area (Å²) in [7, 11) is 1.66. The first-order valence-electron chi connectivity index (χ1n) is 11.4. The Bertz CT molecular complexity index is 1080. The number of benzene rings is 1. The minimum Gasteiger partial charge on any atom is -0.484 e. The first-order valence-corrected chi connectivity index (χ1v) is 11.4. The van der Waals surface area contributed by atoms with Gasteiger partial charge in [-0.15, -0.1) is 0 Å². The molecule has 11 heteroatoms. The van der Waals surface area contributed by atoms with Gasteiger partial charge in [0.05, 0.1) is 24.9 Å². The van der Waals surface area contributed by atoms with E-state index in [-0.39, 0.29) is 30.7 Å². The van der Waals surface area contributed by atoms with Crippen molar-refractivity contribution in [1.29, 1.82) is 0 Å². The van der Waals surface area contributed by atoms with Crippen molar-refractivity contribution < 1.29 is 27.4 Å². The molecule has 4 heterocycles. The number of fused-ring (bicyclic) bond motifs is 1. The Balaban J connectivity index is 1.38. The van der Waals surface area contributed by atoms with Crippen LogP contribution in [0.5, 0.6) is 5.75 Å². The summed E-state index contributed by atoms with van der Waals surface area (Å²) in [4.78, 5) is 25.0. The Labute approximate surface area is 195 Å². The number of rotatable bonds is 5. The van der Waals surface area contributed by atoms with Crippen molar-refractivity contribution in [2.24, 2.45) is 0 Å². The molecule has 1 amide bonds. The molecule has 3 atom stereocenters. The number of hydrogen-bond acceptors (Lipinski definition) is 7. The topological polar surface area (TPSA) is 79.8 Å². The lowest BCUT2D eigenvalue weighted by atomic mass is 10.1. The number of nitrogens with zero attached hydrogens (tertiary/aromatic N) is 4. The lowest BCUT2D eigenvalue weighted by Gasteiger charge is -2.37. The van der Waals surface area contributed by atoms with E-state index in [1.807, 2.05) is 0 Å². The molecule has 1 aromatic heterocycles. The molecule has 3 aliphatic heterocycles. The second kappa shape index (κ2) is 9.28. The van der Waals surface area contributed by atoms with E-state index < -0.39 is 23.9 Å². The molecular weight excluding hydrogens is 451 g/mol. The van der Waals surface area contributed by atoms with E-state index in [1.165, 1.54) is 4.90 Å². The van der Waals surface area contributed by atoms with E-state index >= 15 is 4.39 Å². The van der Waals surface area contributed by atoms with Crippen LogP contribution in [0.4, 0.5) is 30.6 Å². The number of halogens is 3. The highest BCUT2D eigenvalue weighted by Gasteiger charge is 2.35. The maximum atomic E-state index is 15.2. The van der Waals surface area contributed by atoms with Crippen molar-refractivity contribution in [3.63, 3.8) is 0 Å². The zero-order chi connectivity index (χ0) is 23.8. The summed E-state index contributed by atoms with van der Waals surface area (Å²) in [6.07, 6.45) is -0.395.